The highest BCUT2D eigenvalue weighted by molar-refractivity contribution is 5.89. The molecule has 0 aliphatic carbocycles. The van der Waals surface area contributed by atoms with Gasteiger partial charge in [-0.1, -0.05) is 18.2 Å². The highest BCUT2D eigenvalue weighted by Gasteiger charge is 2.38. The van der Waals surface area contributed by atoms with Crippen molar-refractivity contribution in [3.63, 3.8) is 0 Å². The van der Waals surface area contributed by atoms with Crippen LogP contribution in [0.2, 0.25) is 0 Å². The van der Waals surface area contributed by atoms with E-state index < -0.39 is 23.7 Å². The zero-order valence-electron chi connectivity index (χ0n) is 10.8. The van der Waals surface area contributed by atoms with Crippen molar-refractivity contribution in [2.45, 2.75) is 12.7 Å². The number of nitrogens with zero attached hydrogens (tertiary/aromatic N) is 3. The monoisotopic (exact) mass is 301 g/mol. The Balaban J connectivity index is 2.47. The second kappa shape index (κ2) is 5.08. The van der Waals surface area contributed by atoms with Gasteiger partial charge in [0.2, 0.25) is 5.82 Å². The summed E-state index contributed by atoms with van der Waals surface area (Å²) in [5.41, 5.74) is -0.870. The normalized spacial score (nSPS) is 11.6. The van der Waals surface area contributed by atoms with E-state index in [0.717, 1.165) is 7.05 Å². The Morgan fingerprint density at radius 1 is 1.33 bits per heavy atom. The molecule has 0 radical (unpaired) electrons. The highest BCUT2D eigenvalue weighted by atomic mass is 19.4. The molecule has 21 heavy (non-hydrogen) atoms. The first-order valence-corrected chi connectivity index (χ1v) is 5.74. The third-order valence-electron chi connectivity index (χ3n) is 2.86. The van der Waals surface area contributed by atoms with Crippen LogP contribution < -0.4 is 5.69 Å². The second-order valence-corrected chi connectivity index (χ2v) is 4.28. The van der Waals surface area contributed by atoms with Crippen molar-refractivity contribution in [3.05, 3.63) is 51.7 Å². The fourth-order valence-electron chi connectivity index (χ4n) is 1.87. The molecule has 0 bridgehead atoms. The van der Waals surface area contributed by atoms with E-state index in [1.54, 1.807) is 0 Å². The number of hydrogen-bond donors (Lipinski definition) is 1. The summed E-state index contributed by atoms with van der Waals surface area (Å²) in [6.45, 7) is -0.356. The maximum absolute atomic E-state index is 12.7. The van der Waals surface area contributed by atoms with Gasteiger partial charge in [-0.25, -0.2) is 14.3 Å². The highest BCUT2D eigenvalue weighted by Crippen LogP contribution is 2.26. The van der Waals surface area contributed by atoms with E-state index in [1.807, 2.05) is 0 Å². The van der Waals surface area contributed by atoms with Crippen molar-refractivity contribution < 1.29 is 23.1 Å². The van der Waals surface area contributed by atoms with E-state index in [9.17, 15) is 22.8 Å². The third kappa shape index (κ3) is 2.81. The van der Waals surface area contributed by atoms with Crippen LogP contribution in [-0.2, 0) is 19.8 Å². The lowest BCUT2D eigenvalue weighted by molar-refractivity contribution is -0.147. The second-order valence-electron chi connectivity index (χ2n) is 4.28. The molecule has 0 saturated carbocycles. The van der Waals surface area contributed by atoms with Crippen molar-refractivity contribution in [1.82, 2.24) is 14.3 Å². The van der Waals surface area contributed by atoms with Gasteiger partial charge in [-0.15, -0.1) is 5.10 Å². The Morgan fingerprint density at radius 3 is 2.48 bits per heavy atom. The Bertz CT molecular complexity index is 746. The third-order valence-corrected chi connectivity index (χ3v) is 2.86. The summed E-state index contributed by atoms with van der Waals surface area (Å²) in [7, 11) is 0.956. The molecule has 0 saturated heterocycles. The number of hydrogen-bond acceptors (Lipinski definition) is 3. The predicted octanol–water partition coefficient (Wildman–Crippen LogP) is 1.35. The lowest BCUT2D eigenvalue weighted by Crippen LogP contribution is -2.25. The van der Waals surface area contributed by atoms with Gasteiger partial charge >= 0.3 is 17.8 Å². The summed E-state index contributed by atoms with van der Waals surface area (Å²) in [5.74, 6) is -2.56. The summed E-state index contributed by atoms with van der Waals surface area (Å²) in [4.78, 5) is 22.8. The number of halogens is 3. The maximum atomic E-state index is 12.7. The summed E-state index contributed by atoms with van der Waals surface area (Å²) < 4.78 is 38.9. The molecular formula is C12H10F3N3O3. The number of aromatic carboxylic acids is 1. The van der Waals surface area contributed by atoms with Gasteiger partial charge in [-0.2, -0.15) is 13.2 Å². The van der Waals surface area contributed by atoms with Crippen LogP contribution in [0.5, 0.6) is 0 Å². The number of carboxylic acids is 1. The van der Waals surface area contributed by atoms with Crippen LogP contribution in [0.4, 0.5) is 13.2 Å². The van der Waals surface area contributed by atoms with Crippen LogP contribution in [-0.4, -0.2) is 25.4 Å². The van der Waals surface area contributed by atoms with Gasteiger partial charge in [0, 0.05) is 7.05 Å². The van der Waals surface area contributed by atoms with Crippen molar-refractivity contribution >= 4 is 5.97 Å². The smallest absolute Gasteiger partial charge is 0.451 e. The molecule has 1 N–H and O–H groups in total. The van der Waals surface area contributed by atoms with E-state index in [-0.39, 0.29) is 17.7 Å². The van der Waals surface area contributed by atoms with Crippen LogP contribution in [0.15, 0.2) is 29.1 Å². The number of alkyl halides is 3. The summed E-state index contributed by atoms with van der Waals surface area (Å²) >= 11 is 0. The number of aromatic nitrogens is 3. The lowest BCUT2D eigenvalue weighted by Gasteiger charge is -2.05. The van der Waals surface area contributed by atoms with E-state index >= 15 is 0 Å². The molecule has 2 aromatic rings. The molecule has 1 heterocycles. The van der Waals surface area contributed by atoms with Crippen LogP contribution >= 0.6 is 0 Å². The number of benzene rings is 1. The average molecular weight is 301 g/mol. The van der Waals surface area contributed by atoms with Crippen LogP contribution in [0, 0.1) is 0 Å². The zero-order chi connectivity index (χ0) is 15.8. The molecule has 0 aliphatic heterocycles. The van der Waals surface area contributed by atoms with Crippen LogP contribution in [0.1, 0.15) is 21.7 Å². The van der Waals surface area contributed by atoms with Crippen molar-refractivity contribution in [2.75, 3.05) is 0 Å². The average Bonchev–Trinajstić information content (AvgIpc) is 2.67. The van der Waals surface area contributed by atoms with Gasteiger partial charge in [0.25, 0.3) is 0 Å². The fraction of sp³-hybridized carbons (Fsp3) is 0.250. The molecule has 112 valence electrons. The van der Waals surface area contributed by atoms with Crippen molar-refractivity contribution in [3.8, 4) is 0 Å². The SMILES string of the molecule is Cn1c(C(F)(F)F)nn(Cc2ccccc2C(=O)O)c1=O. The molecule has 1 aromatic heterocycles. The first kappa shape index (κ1) is 14.8. The Labute approximate surface area is 116 Å². The first-order chi connectivity index (χ1) is 9.71. The summed E-state index contributed by atoms with van der Waals surface area (Å²) in [5, 5.41) is 12.2. The predicted molar refractivity (Wildman–Crippen MR) is 65.0 cm³/mol. The fourth-order valence-corrected chi connectivity index (χ4v) is 1.87. The van der Waals surface area contributed by atoms with Gasteiger partial charge in [-0.3, -0.25) is 4.57 Å². The Hall–Kier alpha value is -2.58. The number of rotatable bonds is 3. The number of carboxylic acid groups (broad SMARTS) is 1. The Kier molecular flexibility index (Phi) is 3.58. The molecule has 0 fully saturated rings. The molecule has 9 heteroatoms. The molecule has 0 amide bonds. The zero-order valence-corrected chi connectivity index (χ0v) is 10.8. The number of carbonyl (C=O) groups is 1. The maximum Gasteiger partial charge on any atom is 0.451 e. The minimum Gasteiger partial charge on any atom is -0.478 e. The molecule has 2 rings (SSSR count). The van der Waals surface area contributed by atoms with Crippen LogP contribution in [0.25, 0.3) is 0 Å². The quantitative estimate of drug-likeness (QED) is 0.928. The van der Waals surface area contributed by atoms with Gasteiger partial charge in [0.15, 0.2) is 0 Å². The lowest BCUT2D eigenvalue weighted by atomic mass is 10.1. The molecule has 0 unspecified atom stereocenters. The minimum absolute atomic E-state index is 0.0939. The summed E-state index contributed by atoms with van der Waals surface area (Å²) in [6, 6.07) is 5.73. The van der Waals surface area contributed by atoms with Gasteiger partial charge in [0.1, 0.15) is 0 Å². The molecule has 0 atom stereocenters. The first-order valence-electron chi connectivity index (χ1n) is 5.74. The van der Waals surface area contributed by atoms with E-state index in [4.69, 9.17) is 5.11 Å². The van der Waals surface area contributed by atoms with Gasteiger partial charge in [-0.05, 0) is 11.6 Å². The minimum atomic E-state index is -4.76. The van der Waals surface area contributed by atoms with Gasteiger partial charge in [0.05, 0.1) is 12.1 Å². The van der Waals surface area contributed by atoms with E-state index in [2.05, 4.69) is 5.10 Å². The Morgan fingerprint density at radius 2 is 1.95 bits per heavy atom. The van der Waals surface area contributed by atoms with Crippen molar-refractivity contribution in [2.24, 2.45) is 7.05 Å². The molecular weight excluding hydrogens is 291 g/mol. The summed E-state index contributed by atoms with van der Waals surface area (Å²) in [6.07, 6.45) is -4.76. The van der Waals surface area contributed by atoms with Crippen molar-refractivity contribution in [1.29, 1.82) is 0 Å². The standard InChI is InChI=1S/C12H10F3N3O3/c1-17-10(12(13,14)15)16-18(11(17)21)6-7-4-2-3-5-8(7)9(19)20/h2-5H,6H2,1H3,(H,19,20). The van der Waals surface area contributed by atoms with E-state index in [1.165, 1.54) is 24.3 Å². The van der Waals surface area contributed by atoms with E-state index in [0.29, 0.717) is 9.25 Å². The van der Waals surface area contributed by atoms with Crippen LogP contribution in [0.3, 0.4) is 0 Å². The molecule has 0 aliphatic rings. The molecule has 1 aromatic carbocycles. The topological polar surface area (TPSA) is 77.1 Å². The molecule has 6 nitrogen and oxygen atoms in total. The largest absolute Gasteiger partial charge is 0.478 e. The van der Waals surface area contributed by atoms with Gasteiger partial charge < -0.3 is 5.11 Å². The molecule has 0 spiro atoms.